The minimum Gasteiger partial charge on any atom is -0.445 e. The van der Waals surface area contributed by atoms with Crippen LogP contribution in [0.25, 0.3) is 11.5 Å². The molecule has 0 saturated carbocycles. The molecule has 1 unspecified atom stereocenters. The number of amides is 2. The molecule has 0 fully saturated rings. The highest BCUT2D eigenvalue weighted by atomic mass is 19.1. The number of ketones is 1. The molecule has 0 aliphatic carbocycles. The van der Waals surface area contributed by atoms with Gasteiger partial charge in [0, 0.05) is 11.6 Å². The number of anilines is 1. The lowest BCUT2D eigenvalue weighted by Crippen LogP contribution is -2.47. The summed E-state index contributed by atoms with van der Waals surface area (Å²) in [4.78, 5) is 38.0. The van der Waals surface area contributed by atoms with Crippen molar-refractivity contribution in [3.05, 3.63) is 48.2 Å². The van der Waals surface area contributed by atoms with Gasteiger partial charge in [-0.15, -0.1) is 10.2 Å². The van der Waals surface area contributed by atoms with Gasteiger partial charge in [-0.05, 0) is 36.1 Å². The van der Waals surface area contributed by atoms with Crippen LogP contribution in [0.3, 0.4) is 0 Å². The number of hydrogen-bond donors (Lipinski definition) is 3. The Labute approximate surface area is 213 Å². The number of unbranched alkanes of at least 4 members (excludes halogenated alkanes) is 1. The smallest absolute Gasteiger partial charge is 0.408 e. The van der Waals surface area contributed by atoms with Crippen LogP contribution in [-0.4, -0.2) is 50.3 Å². The second kappa shape index (κ2) is 12.2. The summed E-state index contributed by atoms with van der Waals surface area (Å²) < 4.78 is 24.6. The first-order valence-electron chi connectivity index (χ1n) is 12.0. The molecule has 2 amide bonds. The van der Waals surface area contributed by atoms with E-state index >= 15 is 0 Å². The van der Waals surface area contributed by atoms with Crippen LogP contribution >= 0.6 is 0 Å². The maximum Gasteiger partial charge on any atom is 0.408 e. The van der Waals surface area contributed by atoms with E-state index in [4.69, 9.17) is 9.15 Å². The maximum absolute atomic E-state index is 13.2. The van der Waals surface area contributed by atoms with Gasteiger partial charge in [-0.3, -0.25) is 14.7 Å². The molecule has 11 nitrogen and oxygen atoms in total. The van der Waals surface area contributed by atoms with E-state index in [2.05, 4.69) is 31.0 Å². The van der Waals surface area contributed by atoms with Crippen molar-refractivity contribution >= 4 is 23.6 Å². The van der Waals surface area contributed by atoms with Gasteiger partial charge in [0.15, 0.2) is 0 Å². The van der Waals surface area contributed by atoms with Gasteiger partial charge >= 0.3 is 6.09 Å². The number of carbonyl (C=O) groups is 3. The summed E-state index contributed by atoms with van der Waals surface area (Å²) >= 11 is 0. The molecular weight excluding hydrogens is 483 g/mol. The highest BCUT2D eigenvalue weighted by molar-refractivity contribution is 6.42. The Bertz CT molecular complexity index is 1190. The van der Waals surface area contributed by atoms with E-state index in [1.165, 1.54) is 36.5 Å². The summed E-state index contributed by atoms with van der Waals surface area (Å²) in [5.74, 6) is -1.36. The number of aromatic nitrogens is 4. The number of nitrogens with zero attached hydrogens (tertiary/aromatic N) is 3. The van der Waals surface area contributed by atoms with E-state index in [1.807, 2.05) is 27.7 Å². The number of nitrogens with one attached hydrogen (secondary N) is 3. The van der Waals surface area contributed by atoms with Gasteiger partial charge in [0.05, 0.1) is 12.6 Å². The molecule has 12 heteroatoms. The van der Waals surface area contributed by atoms with Gasteiger partial charge in [0.2, 0.25) is 17.6 Å². The Balaban J connectivity index is 1.67. The molecule has 2 heterocycles. The fraction of sp³-hybridized carbons (Fsp3) is 0.440. The maximum atomic E-state index is 13.2. The molecule has 3 N–H and O–H groups in total. The SMILES string of the molecule is CCCCC(NC(=O)O[C@H](Cc1nnc(-c2ccc(F)cc2)o1)C(C)(C)C)C(=O)C(=O)Nc1ccn[nH]1. The second-order valence-electron chi connectivity index (χ2n) is 9.60. The number of ether oxygens (including phenoxy) is 1. The normalized spacial score (nSPS) is 13.0. The quantitative estimate of drug-likeness (QED) is 0.324. The van der Waals surface area contributed by atoms with Crippen molar-refractivity contribution in [3.63, 3.8) is 0 Å². The van der Waals surface area contributed by atoms with Gasteiger partial charge in [-0.1, -0.05) is 40.5 Å². The number of H-pyrrole nitrogens is 1. The van der Waals surface area contributed by atoms with Gasteiger partial charge in [-0.25, -0.2) is 9.18 Å². The van der Waals surface area contributed by atoms with Crippen LogP contribution in [-0.2, 0) is 20.7 Å². The van der Waals surface area contributed by atoms with Gasteiger partial charge in [-0.2, -0.15) is 5.10 Å². The topological polar surface area (TPSA) is 152 Å². The van der Waals surface area contributed by atoms with Crippen molar-refractivity contribution in [3.8, 4) is 11.5 Å². The third kappa shape index (κ3) is 7.95. The molecule has 0 aliphatic heterocycles. The number of rotatable bonds is 11. The monoisotopic (exact) mass is 514 g/mol. The predicted molar refractivity (Wildman–Crippen MR) is 132 cm³/mol. The standard InChI is InChI=1S/C25H31FN6O5/c1-5-6-7-17(21(33)22(34)29-19-12-13-27-30-19)28-24(35)36-18(25(2,3)4)14-20-31-32-23(37-20)15-8-10-16(26)11-9-15/h8-13,17-18H,5-7,14H2,1-4H3,(H,28,35)(H2,27,29,30,34)/t17?,18-/m1/s1. The van der Waals surface area contributed by atoms with E-state index in [9.17, 15) is 18.8 Å². The molecule has 0 aliphatic rings. The number of aromatic amines is 1. The molecule has 3 aromatic rings. The van der Waals surface area contributed by atoms with Crippen LogP contribution in [0.1, 0.15) is 52.8 Å². The lowest BCUT2D eigenvalue weighted by Gasteiger charge is -2.30. The number of carbonyl (C=O) groups excluding carboxylic acids is 3. The number of hydrogen-bond acceptors (Lipinski definition) is 8. The summed E-state index contributed by atoms with van der Waals surface area (Å²) in [6, 6.07) is 6.05. The lowest BCUT2D eigenvalue weighted by atomic mass is 9.87. The zero-order chi connectivity index (χ0) is 27.0. The molecule has 0 radical (unpaired) electrons. The first-order chi connectivity index (χ1) is 17.6. The largest absolute Gasteiger partial charge is 0.445 e. The molecule has 0 bridgehead atoms. The van der Waals surface area contributed by atoms with Crippen LogP contribution in [0.15, 0.2) is 40.9 Å². The third-order valence-electron chi connectivity index (χ3n) is 5.56. The van der Waals surface area contributed by atoms with Crippen molar-refractivity contribution in [1.82, 2.24) is 25.7 Å². The van der Waals surface area contributed by atoms with Crippen LogP contribution in [0.4, 0.5) is 15.0 Å². The minimum atomic E-state index is -1.07. The predicted octanol–water partition coefficient (Wildman–Crippen LogP) is 4.05. The molecule has 0 saturated heterocycles. The van der Waals surface area contributed by atoms with Gasteiger partial charge < -0.3 is 19.8 Å². The fourth-order valence-electron chi connectivity index (χ4n) is 3.38. The summed E-state index contributed by atoms with van der Waals surface area (Å²) in [6.07, 6.45) is 1.65. The zero-order valence-corrected chi connectivity index (χ0v) is 21.2. The Morgan fingerprint density at radius 1 is 1.14 bits per heavy atom. The van der Waals surface area contributed by atoms with Crippen LogP contribution in [0.2, 0.25) is 0 Å². The van der Waals surface area contributed by atoms with E-state index in [0.29, 0.717) is 12.0 Å². The Kier molecular flexibility index (Phi) is 9.10. The third-order valence-corrected chi connectivity index (χ3v) is 5.56. The summed E-state index contributed by atoms with van der Waals surface area (Å²) in [6.45, 7) is 7.56. The lowest BCUT2D eigenvalue weighted by molar-refractivity contribution is -0.136. The van der Waals surface area contributed by atoms with Gasteiger partial charge in [0.25, 0.3) is 5.91 Å². The summed E-state index contributed by atoms with van der Waals surface area (Å²) in [5, 5.41) is 19.2. The molecular formula is C25H31FN6O5. The molecule has 2 aromatic heterocycles. The van der Waals surface area contributed by atoms with Gasteiger partial charge in [0.1, 0.15) is 23.8 Å². The second-order valence-corrected chi connectivity index (χ2v) is 9.60. The summed E-state index contributed by atoms with van der Waals surface area (Å²) in [5.41, 5.74) is 0.0276. The van der Waals surface area contributed by atoms with E-state index in [1.54, 1.807) is 0 Å². The van der Waals surface area contributed by atoms with E-state index < -0.39 is 35.3 Å². The fourth-order valence-corrected chi connectivity index (χ4v) is 3.38. The van der Waals surface area contributed by atoms with Crippen molar-refractivity contribution in [1.29, 1.82) is 0 Å². The van der Waals surface area contributed by atoms with Crippen molar-refractivity contribution < 1.29 is 27.9 Å². The van der Waals surface area contributed by atoms with Crippen LogP contribution < -0.4 is 10.6 Å². The number of alkyl carbamates (subject to hydrolysis) is 1. The molecule has 198 valence electrons. The molecule has 1 aromatic carbocycles. The Morgan fingerprint density at radius 3 is 2.49 bits per heavy atom. The molecule has 37 heavy (non-hydrogen) atoms. The highest BCUT2D eigenvalue weighted by Gasteiger charge is 2.33. The van der Waals surface area contributed by atoms with Crippen molar-refractivity contribution in [2.24, 2.45) is 5.41 Å². The zero-order valence-electron chi connectivity index (χ0n) is 21.2. The van der Waals surface area contributed by atoms with Crippen LogP contribution in [0, 0.1) is 11.2 Å². The molecule has 3 rings (SSSR count). The number of halogens is 1. The molecule has 0 spiro atoms. The average Bonchev–Trinajstić information content (AvgIpc) is 3.53. The first kappa shape index (κ1) is 27.5. The van der Waals surface area contributed by atoms with E-state index in [0.717, 1.165) is 6.42 Å². The molecule has 2 atom stereocenters. The summed E-state index contributed by atoms with van der Waals surface area (Å²) in [7, 11) is 0. The highest BCUT2D eigenvalue weighted by Crippen LogP contribution is 2.27. The average molecular weight is 515 g/mol. The number of benzene rings is 1. The Hall–Kier alpha value is -4.09. The minimum absolute atomic E-state index is 0.110. The van der Waals surface area contributed by atoms with E-state index in [-0.39, 0.29) is 36.3 Å². The van der Waals surface area contributed by atoms with Crippen LogP contribution in [0.5, 0.6) is 0 Å². The Morgan fingerprint density at radius 2 is 1.86 bits per heavy atom. The van der Waals surface area contributed by atoms with Crippen molar-refractivity contribution in [2.45, 2.75) is 65.5 Å². The number of Topliss-reactive ketones (excluding diaryl/α,β-unsaturated/α-hetero) is 1. The first-order valence-corrected chi connectivity index (χ1v) is 12.0. The van der Waals surface area contributed by atoms with Crippen molar-refractivity contribution in [2.75, 3.05) is 5.32 Å².